The van der Waals surface area contributed by atoms with Gasteiger partial charge in [-0.15, -0.1) is 0 Å². The Morgan fingerprint density at radius 2 is 2.31 bits per heavy atom. The fourth-order valence-corrected chi connectivity index (χ4v) is 1.64. The first-order valence-corrected chi connectivity index (χ1v) is 4.89. The van der Waals surface area contributed by atoms with Crippen molar-refractivity contribution in [3.8, 4) is 5.75 Å². The van der Waals surface area contributed by atoms with Crippen molar-refractivity contribution >= 4 is 5.69 Å². The van der Waals surface area contributed by atoms with Gasteiger partial charge in [0.15, 0.2) is 0 Å². The van der Waals surface area contributed by atoms with E-state index in [9.17, 15) is 0 Å². The second-order valence-corrected chi connectivity index (χ2v) is 3.41. The monoisotopic (exact) mass is 177 g/mol. The Kier molecular flexibility index (Phi) is 2.39. The van der Waals surface area contributed by atoms with Crippen LogP contribution in [0.5, 0.6) is 5.75 Å². The maximum atomic E-state index is 5.81. The maximum Gasteiger partial charge on any atom is 0.142 e. The third-order valence-electron chi connectivity index (χ3n) is 2.31. The molecule has 13 heavy (non-hydrogen) atoms. The molecule has 0 saturated carbocycles. The molecule has 1 aliphatic heterocycles. The summed E-state index contributed by atoms with van der Waals surface area (Å²) in [6.45, 7) is 3.12. The van der Waals surface area contributed by atoms with Gasteiger partial charge in [0.1, 0.15) is 11.9 Å². The number of hydrogen-bond donors (Lipinski definition) is 1. The topological polar surface area (TPSA) is 21.3 Å². The SMILES string of the molecule is CCCC1CNc2ccccc2O1. The molecule has 2 rings (SSSR count). The van der Waals surface area contributed by atoms with E-state index in [0.717, 1.165) is 24.4 Å². The average Bonchev–Trinajstić information content (AvgIpc) is 2.18. The Hall–Kier alpha value is -1.18. The number of nitrogens with one attached hydrogen (secondary N) is 1. The Bertz CT molecular complexity index is 285. The smallest absolute Gasteiger partial charge is 0.142 e. The quantitative estimate of drug-likeness (QED) is 0.749. The predicted octanol–water partition coefficient (Wildman–Crippen LogP) is 2.66. The summed E-state index contributed by atoms with van der Waals surface area (Å²) in [5.41, 5.74) is 1.12. The lowest BCUT2D eigenvalue weighted by molar-refractivity contribution is 0.194. The summed E-state index contributed by atoms with van der Waals surface area (Å²) in [6.07, 6.45) is 2.65. The molecule has 1 atom stereocenters. The number of benzene rings is 1. The number of hydrogen-bond acceptors (Lipinski definition) is 2. The number of anilines is 1. The first-order valence-electron chi connectivity index (χ1n) is 4.89. The summed E-state index contributed by atoms with van der Waals surface area (Å²) < 4.78 is 5.81. The Labute approximate surface area is 78.9 Å². The second kappa shape index (κ2) is 3.69. The first kappa shape index (κ1) is 8.42. The van der Waals surface area contributed by atoms with Gasteiger partial charge in [0, 0.05) is 0 Å². The summed E-state index contributed by atoms with van der Waals surface area (Å²) in [4.78, 5) is 0. The van der Waals surface area contributed by atoms with E-state index < -0.39 is 0 Å². The molecule has 1 aliphatic rings. The minimum atomic E-state index is 0.347. The number of ether oxygens (including phenoxy) is 1. The standard InChI is InChI=1S/C11H15NO/c1-2-5-9-8-12-10-6-3-4-7-11(10)13-9/h3-4,6-7,9,12H,2,5,8H2,1H3. The lowest BCUT2D eigenvalue weighted by Gasteiger charge is -2.26. The predicted molar refractivity (Wildman–Crippen MR) is 54.3 cm³/mol. The van der Waals surface area contributed by atoms with Gasteiger partial charge < -0.3 is 10.1 Å². The van der Waals surface area contributed by atoms with Crippen LogP contribution >= 0.6 is 0 Å². The van der Waals surface area contributed by atoms with Crippen LogP contribution in [0.25, 0.3) is 0 Å². The summed E-state index contributed by atoms with van der Waals surface area (Å²) >= 11 is 0. The van der Waals surface area contributed by atoms with Crippen LogP contribution < -0.4 is 10.1 Å². The highest BCUT2D eigenvalue weighted by Crippen LogP contribution is 2.28. The van der Waals surface area contributed by atoms with Crippen LogP contribution in [0.15, 0.2) is 24.3 Å². The molecule has 70 valence electrons. The Balaban J connectivity index is 2.11. The molecule has 1 aromatic rings. The van der Waals surface area contributed by atoms with Crippen molar-refractivity contribution in [1.29, 1.82) is 0 Å². The highest BCUT2D eigenvalue weighted by Gasteiger charge is 2.16. The van der Waals surface area contributed by atoms with Crippen LogP contribution in [0.4, 0.5) is 5.69 Å². The molecule has 1 aromatic carbocycles. The van der Waals surface area contributed by atoms with E-state index in [1.165, 1.54) is 6.42 Å². The Morgan fingerprint density at radius 3 is 3.15 bits per heavy atom. The number of fused-ring (bicyclic) bond motifs is 1. The van der Waals surface area contributed by atoms with Crippen molar-refractivity contribution in [1.82, 2.24) is 0 Å². The summed E-state index contributed by atoms with van der Waals surface area (Å²) in [5.74, 6) is 0.993. The van der Waals surface area contributed by atoms with E-state index in [4.69, 9.17) is 4.74 Å². The third kappa shape index (κ3) is 1.77. The van der Waals surface area contributed by atoms with Crippen molar-refractivity contribution in [2.24, 2.45) is 0 Å². The van der Waals surface area contributed by atoms with E-state index in [1.54, 1.807) is 0 Å². The summed E-state index contributed by atoms with van der Waals surface area (Å²) in [7, 11) is 0. The molecule has 1 unspecified atom stereocenters. The molecule has 1 heterocycles. The molecule has 0 radical (unpaired) electrons. The van der Waals surface area contributed by atoms with E-state index in [2.05, 4.69) is 18.3 Å². The lowest BCUT2D eigenvalue weighted by Crippen LogP contribution is -2.30. The average molecular weight is 177 g/mol. The van der Waals surface area contributed by atoms with Gasteiger partial charge in [0.2, 0.25) is 0 Å². The Morgan fingerprint density at radius 1 is 1.46 bits per heavy atom. The molecular formula is C11H15NO. The van der Waals surface area contributed by atoms with Crippen LogP contribution in [0.3, 0.4) is 0 Å². The molecule has 0 saturated heterocycles. The van der Waals surface area contributed by atoms with E-state index >= 15 is 0 Å². The van der Waals surface area contributed by atoms with E-state index in [1.807, 2.05) is 18.2 Å². The molecule has 0 fully saturated rings. The van der Waals surface area contributed by atoms with Gasteiger partial charge >= 0.3 is 0 Å². The highest BCUT2D eigenvalue weighted by molar-refractivity contribution is 5.57. The fourth-order valence-electron chi connectivity index (χ4n) is 1.64. The van der Waals surface area contributed by atoms with Gasteiger partial charge in [-0.1, -0.05) is 25.5 Å². The third-order valence-corrected chi connectivity index (χ3v) is 2.31. The zero-order chi connectivity index (χ0) is 9.10. The lowest BCUT2D eigenvalue weighted by atomic mass is 10.1. The van der Waals surface area contributed by atoms with Gasteiger partial charge in [-0.05, 0) is 18.6 Å². The molecule has 2 heteroatoms. The van der Waals surface area contributed by atoms with Crippen molar-refractivity contribution < 1.29 is 4.74 Å². The molecule has 0 aliphatic carbocycles. The minimum Gasteiger partial charge on any atom is -0.486 e. The van der Waals surface area contributed by atoms with Gasteiger partial charge in [-0.25, -0.2) is 0 Å². The van der Waals surface area contributed by atoms with Gasteiger partial charge in [0.25, 0.3) is 0 Å². The fraction of sp³-hybridized carbons (Fsp3) is 0.455. The molecular weight excluding hydrogens is 162 g/mol. The van der Waals surface area contributed by atoms with Crippen LogP contribution in [-0.2, 0) is 0 Å². The molecule has 0 bridgehead atoms. The zero-order valence-corrected chi connectivity index (χ0v) is 7.92. The van der Waals surface area contributed by atoms with Crippen LogP contribution in [0.1, 0.15) is 19.8 Å². The van der Waals surface area contributed by atoms with E-state index in [-0.39, 0.29) is 0 Å². The largest absolute Gasteiger partial charge is 0.486 e. The number of rotatable bonds is 2. The van der Waals surface area contributed by atoms with Crippen molar-refractivity contribution in [2.45, 2.75) is 25.9 Å². The highest BCUT2D eigenvalue weighted by atomic mass is 16.5. The molecule has 1 N–H and O–H groups in total. The van der Waals surface area contributed by atoms with Crippen molar-refractivity contribution in [2.75, 3.05) is 11.9 Å². The normalized spacial score (nSPS) is 19.9. The van der Waals surface area contributed by atoms with Gasteiger partial charge in [-0.2, -0.15) is 0 Å². The van der Waals surface area contributed by atoms with Crippen LogP contribution in [-0.4, -0.2) is 12.6 Å². The van der Waals surface area contributed by atoms with Gasteiger partial charge in [-0.3, -0.25) is 0 Å². The van der Waals surface area contributed by atoms with Crippen molar-refractivity contribution in [3.05, 3.63) is 24.3 Å². The second-order valence-electron chi connectivity index (χ2n) is 3.41. The molecule has 0 aromatic heterocycles. The van der Waals surface area contributed by atoms with E-state index in [0.29, 0.717) is 6.10 Å². The maximum absolute atomic E-state index is 5.81. The van der Waals surface area contributed by atoms with Crippen molar-refractivity contribution in [3.63, 3.8) is 0 Å². The van der Waals surface area contributed by atoms with Crippen LogP contribution in [0.2, 0.25) is 0 Å². The minimum absolute atomic E-state index is 0.347. The molecule has 0 spiro atoms. The number of para-hydroxylation sites is 2. The van der Waals surface area contributed by atoms with Crippen LogP contribution in [0, 0.1) is 0 Å². The summed E-state index contributed by atoms with van der Waals surface area (Å²) in [5, 5.41) is 3.37. The zero-order valence-electron chi connectivity index (χ0n) is 7.92. The first-order chi connectivity index (χ1) is 6.40. The van der Waals surface area contributed by atoms with Gasteiger partial charge in [0.05, 0.1) is 12.2 Å². The molecule has 2 nitrogen and oxygen atoms in total. The molecule has 0 amide bonds. The summed E-state index contributed by atoms with van der Waals surface area (Å²) in [6, 6.07) is 8.10.